The highest BCUT2D eigenvalue weighted by Gasteiger charge is 2.45. The maximum absolute atomic E-state index is 10.8. The van der Waals surface area contributed by atoms with Crippen molar-refractivity contribution in [3.05, 3.63) is 12.2 Å². The highest BCUT2D eigenvalue weighted by molar-refractivity contribution is 5.85. The number of hydrogen-bond donors (Lipinski definition) is 3. The number of carbonyl (C=O) groups is 1. The molecule has 0 aromatic carbocycles. The molecule has 4 N–H and O–H groups in total. The van der Waals surface area contributed by atoms with E-state index < -0.39 is 12.0 Å². The quantitative estimate of drug-likeness (QED) is 0.581. The fourth-order valence-electron chi connectivity index (χ4n) is 3.68. The topological polar surface area (TPSA) is 96.0 Å². The van der Waals surface area contributed by atoms with Crippen LogP contribution in [0.4, 0.5) is 0 Å². The molecule has 0 radical (unpaired) electrons. The van der Waals surface area contributed by atoms with E-state index in [1.54, 1.807) is 0 Å². The van der Waals surface area contributed by atoms with Crippen molar-refractivity contribution < 1.29 is 19.8 Å². The van der Waals surface area contributed by atoms with E-state index in [1.807, 2.05) is 27.7 Å². The number of rotatable bonds is 8. The normalized spacial score (nSPS) is 23.9. The monoisotopic (exact) mass is 356 g/mol. The Morgan fingerprint density at radius 3 is 2.24 bits per heavy atom. The highest BCUT2D eigenvalue weighted by Crippen LogP contribution is 2.38. The summed E-state index contributed by atoms with van der Waals surface area (Å²) in [5, 5.41) is 21.9. The van der Waals surface area contributed by atoms with Gasteiger partial charge in [0.15, 0.2) is 0 Å². The molecule has 2 unspecified atom stereocenters. The van der Waals surface area contributed by atoms with Gasteiger partial charge in [-0.25, -0.2) is 0 Å². The van der Waals surface area contributed by atoms with Gasteiger partial charge in [0.05, 0.1) is 18.8 Å². The van der Waals surface area contributed by atoms with Crippen LogP contribution in [-0.4, -0.2) is 51.2 Å². The summed E-state index contributed by atoms with van der Waals surface area (Å²) in [6.45, 7) is 12.8. The van der Waals surface area contributed by atoms with Gasteiger partial charge < -0.3 is 20.8 Å². The molecular weight excluding hydrogens is 320 g/mol. The lowest BCUT2D eigenvalue weighted by Crippen LogP contribution is -2.60. The molecule has 0 aliphatic carbocycles. The SMILES string of the molecule is CC(C)C(COC1CC(C)(C)N(O)C(C)(C)C1)CC(O)C=CC(N)=O. The van der Waals surface area contributed by atoms with Crippen molar-refractivity contribution in [2.24, 2.45) is 17.6 Å². The zero-order chi connectivity index (χ0) is 19.4. The minimum Gasteiger partial charge on any atom is -0.389 e. The van der Waals surface area contributed by atoms with E-state index in [0.29, 0.717) is 18.9 Å². The molecule has 1 aliphatic rings. The Morgan fingerprint density at radius 2 is 1.80 bits per heavy atom. The fraction of sp³-hybridized carbons (Fsp3) is 0.842. The molecule has 0 saturated carbocycles. The van der Waals surface area contributed by atoms with Crippen LogP contribution >= 0.6 is 0 Å². The first-order valence-corrected chi connectivity index (χ1v) is 9.11. The summed E-state index contributed by atoms with van der Waals surface area (Å²) in [5.74, 6) is -0.0434. The summed E-state index contributed by atoms with van der Waals surface area (Å²) in [6, 6.07) is 0. The number of primary amides is 1. The first-order valence-electron chi connectivity index (χ1n) is 9.11. The molecule has 25 heavy (non-hydrogen) atoms. The van der Waals surface area contributed by atoms with Crippen LogP contribution in [0.1, 0.15) is 60.8 Å². The number of hydrogen-bond acceptors (Lipinski definition) is 5. The second-order valence-corrected chi connectivity index (χ2v) is 8.87. The zero-order valence-electron chi connectivity index (χ0n) is 16.5. The van der Waals surface area contributed by atoms with E-state index in [-0.39, 0.29) is 23.1 Å². The maximum Gasteiger partial charge on any atom is 0.241 e. The minimum atomic E-state index is -0.712. The molecule has 0 spiro atoms. The second-order valence-electron chi connectivity index (χ2n) is 8.87. The first-order chi connectivity index (χ1) is 11.3. The van der Waals surface area contributed by atoms with Gasteiger partial charge in [0, 0.05) is 17.2 Å². The summed E-state index contributed by atoms with van der Waals surface area (Å²) in [4.78, 5) is 10.8. The number of nitrogens with two attached hydrogens (primary N) is 1. The van der Waals surface area contributed by atoms with Crippen LogP contribution in [0.25, 0.3) is 0 Å². The summed E-state index contributed by atoms with van der Waals surface area (Å²) in [7, 11) is 0. The summed E-state index contributed by atoms with van der Waals surface area (Å²) >= 11 is 0. The lowest BCUT2D eigenvalue weighted by molar-refractivity contribution is -0.262. The van der Waals surface area contributed by atoms with E-state index >= 15 is 0 Å². The average molecular weight is 357 g/mol. The van der Waals surface area contributed by atoms with Crippen molar-refractivity contribution >= 4 is 5.91 Å². The molecule has 6 nitrogen and oxygen atoms in total. The summed E-state index contributed by atoms with van der Waals surface area (Å²) < 4.78 is 6.19. The molecule has 2 atom stereocenters. The van der Waals surface area contributed by atoms with Gasteiger partial charge in [0.1, 0.15) is 0 Å². The lowest BCUT2D eigenvalue weighted by atomic mass is 9.80. The number of amides is 1. The van der Waals surface area contributed by atoms with Gasteiger partial charge in [-0.2, -0.15) is 5.06 Å². The number of hydroxylamine groups is 2. The van der Waals surface area contributed by atoms with Crippen LogP contribution in [0.15, 0.2) is 12.2 Å². The van der Waals surface area contributed by atoms with E-state index in [2.05, 4.69) is 13.8 Å². The molecule has 1 aliphatic heterocycles. The van der Waals surface area contributed by atoms with Crippen molar-refractivity contribution in [2.45, 2.75) is 84.1 Å². The van der Waals surface area contributed by atoms with Crippen LogP contribution in [0.2, 0.25) is 0 Å². The molecule has 1 amide bonds. The van der Waals surface area contributed by atoms with E-state index in [4.69, 9.17) is 10.5 Å². The van der Waals surface area contributed by atoms with Crippen LogP contribution in [-0.2, 0) is 9.53 Å². The van der Waals surface area contributed by atoms with Crippen LogP contribution < -0.4 is 5.73 Å². The van der Waals surface area contributed by atoms with Crippen molar-refractivity contribution in [3.8, 4) is 0 Å². The van der Waals surface area contributed by atoms with Crippen molar-refractivity contribution in [1.29, 1.82) is 0 Å². The predicted molar refractivity (Wildman–Crippen MR) is 98.0 cm³/mol. The highest BCUT2D eigenvalue weighted by atomic mass is 16.5. The van der Waals surface area contributed by atoms with Gasteiger partial charge in [-0.05, 0) is 58.8 Å². The summed E-state index contributed by atoms with van der Waals surface area (Å²) in [6.07, 6.45) is 4.01. The molecule has 6 heteroatoms. The largest absolute Gasteiger partial charge is 0.389 e. The Labute approximate surface area is 152 Å². The molecule has 1 saturated heterocycles. The molecule has 0 aromatic rings. The standard InChI is InChI=1S/C19H36N2O4/c1-13(2)14(9-15(22)7-8-17(20)23)12-25-16-10-18(3,4)21(24)19(5,6)11-16/h7-8,13-16,22,24H,9-12H2,1-6H3,(H2,20,23). The zero-order valence-corrected chi connectivity index (χ0v) is 16.5. The Balaban J connectivity index is 2.64. The molecule has 0 aromatic heterocycles. The van der Waals surface area contributed by atoms with Gasteiger partial charge >= 0.3 is 0 Å². The van der Waals surface area contributed by atoms with Crippen LogP contribution in [0, 0.1) is 11.8 Å². The van der Waals surface area contributed by atoms with Crippen LogP contribution in [0.5, 0.6) is 0 Å². The average Bonchev–Trinajstić information content (AvgIpc) is 2.46. The van der Waals surface area contributed by atoms with Gasteiger partial charge in [0.2, 0.25) is 5.91 Å². The Bertz CT molecular complexity index is 456. The number of aliphatic hydroxyl groups is 1. The summed E-state index contributed by atoms with van der Waals surface area (Å²) in [5.41, 5.74) is 4.38. The molecular formula is C19H36N2O4. The molecule has 1 heterocycles. The van der Waals surface area contributed by atoms with Gasteiger partial charge in [-0.15, -0.1) is 0 Å². The Kier molecular flexibility index (Phi) is 7.62. The third-order valence-corrected chi connectivity index (χ3v) is 5.12. The molecule has 1 fully saturated rings. The van der Waals surface area contributed by atoms with Crippen molar-refractivity contribution in [3.63, 3.8) is 0 Å². The van der Waals surface area contributed by atoms with E-state index in [9.17, 15) is 15.1 Å². The predicted octanol–water partition coefficient (Wildman–Crippen LogP) is 2.48. The number of carbonyl (C=O) groups excluding carboxylic acids is 1. The lowest BCUT2D eigenvalue weighted by Gasteiger charge is -2.51. The maximum atomic E-state index is 10.8. The number of piperidine rings is 1. The minimum absolute atomic E-state index is 0.0629. The van der Waals surface area contributed by atoms with E-state index in [0.717, 1.165) is 12.8 Å². The molecule has 0 bridgehead atoms. The number of nitrogens with zero attached hydrogens (tertiary/aromatic N) is 1. The number of ether oxygens (including phenoxy) is 1. The van der Waals surface area contributed by atoms with Crippen molar-refractivity contribution in [2.75, 3.05) is 6.61 Å². The van der Waals surface area contributed by atoms with Gasteiger partial charge in [-0.3, -0.25) is 4.79 Å². The van der Waals surface area contributed by atoms with E-state index in [1.165, 1.54) is 17.2 Å². The fourth-order valence-corrected chi connectivity index (χ4v) is 3.68. The third-order valence-electron chi connectivity index (χ3n) is 5.12. The Hall–Kier alpha value is -0.950. The van der Waals surface area contributed by atoms with Gasteiger partial charge in [0.25, 0.3) is 0 Å². The first kappa shape index (κ1) is 22.1. The van der Waals surface area contributed by atoms with Crippen LogP contribution in [0.3, 0.4) is 0 Å². The Morgan fingerprint density at radius 1 is 1.28 bits per heavy atom. The molecule has 146 valence electrons. The third kappa shape index (κ3) is 6.70. The molecule has 1 rings (SSSR count). The number of aliphatic hydroxyl groups excluding tert-OH is 1. The van der Waals surface area contributed by atoms with Crippen molar-refractivity contribution in [1.82, 2.24) is 5.06 Å². The van der Waals surface area contributed by atoms with Gasteiger partial charge in [-0.1, -0.05) is 19.9 Å². The smallest absolute Gasteiger partial charge is 0.241 e. The second kappa shape index (κ2) is 8.62.